The van der Waals surface area contributed by atoms with Crippen molar-refractivity contribution in [1.29, 1.82) is 0 Å². The number of aromatic hydroxyl groups is 3. The smallest absolute Gasteiger partial charge is 0.239 e. The fourth-order valence-electron chi connectivity index (χ4n) is 6.25. The Balaban J connectivity index is 1.39. The average molecular weight is 757 g/mol. The third-order valence-electron chi connectivity index (χ3n) is 9.30. The number of ether oxygens (including phenoxy) is 6. The number of aliphatic hydroxyl groups is 9. The Kier molecular flexibility index (Phi) is 11.5. The Morgan fingerprint density at radius 1 is 0.679 bits per heavy atom. The Labute approximate surface area is 298 Å². The number of aliphatic hydroxyl groups excluding tert-OH is 9. The zero-order valence-electron chi connectivity index (χ0n) is 27.7. The molecule has 3 fully saturated rings. The molecule has 3 aliphatic rings. The van der Waals surface area contributed by atoms with Crippen LogP contribution in [0.3, 0.4) is 0 Å². The largest absolute Gasteiger partial charge is 0.508 e. The molecule has 292 valence electrons. The van der Waals surface area contributed by atoms with Gasteiger partial charge in [0.2, 0.25) is 17.5 Å². The second-order valence-corrected chi connectivity index (χ2v) is 12.9. The minimum Gasteiger partial charge on any atom is -0.508 e. The molecule has 15 atom stereocenters. The summed E-state index contributed by atoms with van der Waals surface area (Å²) < 4.78 is 40.0. The van der Waals surface area contributed by atoms with Gasteiger partial charge >= 0.3 is 0 Å². The molecule has 1 aromatic heterocycles. The van der Waals surface area contributed by atoms with Gasteiger partial charge in [0.05, 0.1) is 19.3 Å². The van der Waals surface area contributed by atoms with Crippen LogP contribution in [0, 0.1) is 0 Å². The van der Waals surface area contributed by atoms with E-state index in [2.05, 4.69) is 0 Å². The maximum absolute atomic E-state index is 14.0. The molecule has 0 aliphatic carbocycles. The molecule has 2 aromatic carbocycles. The quantitative estimate of drug-likeness (QED) is 0.100. The summed E-state index contributed by atoms with van der Waals surface area (Å²) in [5, 5.41) is 124. The summed E-state index contributed by atoms with van der Waals surface area (Å²) in [4.78, 5) is 14.0. The summed E-state index contributed by atoms with van der Waals surface area (Å²) in [6, 6.07) is 7.05. The van der Waals surface area contributed by atoms with Crippen molar-refractivity contribution >= 4 is 11.0 Å². The van der Waals surface area contributed by atoms with Crippen LogP contribution in [0.25, 0.3) is 22.3 Å². The van der Waals surface area contributed by atoms with E-state index in [4.69, 9.17) is 32.8 Å². The summed E-state index contributed by atoms with van der Waals surface area (Å²) in [5.74, 6) is -2.39. The second kappa shape index (κ2) is 15.6. The highest BCUT2D eigenvalue weighted by Gasteiger charge is 2.52. The van der Waals surface area contributed by atoms with Crippen LogP contribution in [-0.2, 0) is 23.7 Å². The number of fused-ring (bicyclic) bond motifs is 1. The van der Waals surface area contributed by atoms with Crippen LogP contribution in [0.15, 0.2) is 45.6 Å². The van der Waals surface area contributed by atoms with Crippen LogP contribution in [0.5, 0.6) is 23.0 Å². The van der Waals surface area contributed by atoms with Crippen LogP contribution in [0.1, 0.15) is 6.92 Å². The highest BCUT2D eigenvalue weighted by Crippen LogP contribution is 2.38. The lowest BCUT2D eigenvalue weighted by Gasteiger charge is -2.46. The number of phenolic OH excluding ortho intramolecular Hbond substituents is 3. The van der Waals surface area contributed by atoms with Crippen molar-refractivity contribution in [1.82, 2.24) is 0 Å². The minimum absolute atomic E-state index is 0.112. The van der Waals surface area contributed by atoms with Crippen LogP contribution in [-0.4, -0.2) is 167 Å². The number of hydrogen-bond donors (Lipinski definition) is 12. The zero-order valence-corrected chi connectivity index (χ0v) is 27.7. The summed E-state index contributed by atoms with van der Waals surface area (Å²) >= 11 is 0. The first-order chi connectivity index (χ1) is 25.1. The van der Waals surface area contributed by atoms with Crippen LogP contribution in [0.4, 0.5) is 0 Å². The second-order valence-electron chi connectivity index (χ2n) is 12.9. The van der Waals surface area contributed by atoms with Crippen molar-refractivity contribution in [2.24, 2.45) is 0 Å². The first-order valence-corrected chi connectivity index (χ1v) is 16.4. The normalized spacial score (nSPS) is 37.8. The van der Waals surface area contributed by atoms with Gasteiger partial charge in [0.15, 0.2) is 24.4 Å². The van der Waals surface area contributed by atoms with Crippen molar-refractivity contribution in [3.05, 3.63) is 46.6 Å². The van der Waals surface area contributed by atoms with Gasteiger partial charge in [-0.2, -0.15) is 0 Å². The third kappa shape index (κ3) is 7.52. The Hall–Kier alpha value is -3.71. The van der Waals surface area contributed by atoms with Gasteiger partial charge in [-0.1, -0.05) is 0 Å². The Bertz CT molecular complexity index is 1780. The van der Waals surface area contributed by atoms with Crippen LogP contribution in [0.2, 0.25) is 0 Å². The summed E-state index contributed by atoms with van der Waals surface area (Å²) in [7, 11) is 0. The van der Waals surface area contributed by atoms with E-state index in [0.717, 1.165) is 12.1 Å². The highest BCUT2D eigenvalue weighted by molar-refractivity contribution is 5.88. The summed E-state index contributed by atoms with van der Waals surface area (Å²) in [6.45, 7) is -0.140. The molecule has 0 saturated carbocycles. The van der Waals surface area contributed by atoms with Crippen molar-refractivity contribution < 1.29 is 94.1 Å². The Morgan fingerprint density at radius 2 is 1.30 bits per heavy atom. The van der Waals surface area contributed by atoms with Crippen LogP contribution >= 0.6 is 0 Å². The lowest BCUT2D eigenvalue weighted by atomic mass is 9.97. The fraction of sp³-hybridized carbons (Fsp3) is 0.545. The molecule has 6 rings (SSSR count). The van der Waals surface area contributed by atoms with E-state index in [1.165, 1.54) is 31.2 Å². The van der Waals surface area contributed by atoms with E-state index in [9.17, 15) is 66.1 Å². The molecule has 0 spiro atoms. The first-order valence-electron chi connectivity index (χ1n) is 16.4. The third-order valence-corrected chi connectivity index (χ3v) is 9.30. The molecular weight excluding hydrogens is 716 g/mol. The molecule has 3 aromatic rings. The minimum atomic E-state index is -2.06. The SMILES string of the molecule is CC1O[C@@H](OCC2O[C@@H](Oc3c(-c4ccc(O)cc4)oc4cc(O)cc(O)c4c3=O)C(O[C@@H]3OC(CO)[C@@H](O)C(O)[C@H]3O)C(O)[C@@H]2O)C(O)[C@@H](O)[C@H]1O. The van der Waals surface area contributed by atoms with Crippen molar-refractivity contribution in [2.75, 3.05) is 13.2 Å². The highest BCUT2D eigenvalue weighted by atomic mass is 16.8. The van der Waals surface area contributed by atoms with E-state index in [1.54, 1.807) is 0 Å². The van der Waals surface area contributed by atoms with Gasteiger partial charge in [0.1, 0.15) is 89.3 Å². The standard InChI is InChI=1S/C33H40O20/c1-10-19(38)23(42)26(45)31(48-10)47-9-17-21(40)25(44)30(53-32-27(46)24(43)20(39)16(8-34)50-32)33(51-17)52-29-22(41)18-14(37)6-13(36)7-15(18)49-28(29)11-2-4-12(35)5-3-11/h2-7,10,16-17,19-21,23-27,30-40,42-46H,8-9H2,1H3/t10?,16?,17?,19-,20+,21+,23-,24?,25?,26?,27+,30?,31+,32-,33-/m0/s1. The van der Waals surface area contributed by atoms with E-state index in [1.807, 2.05) is 0 Å². The summed E-state index contributed by atoms with van der Waals surface area (Å²) in [5.41, 5.74) is -1.23. The molecule has 20 nitrogen and oxygen atoms in total. The van der Waals surface area contributed by atoms with E-state index >= 15 is 0 Å². The lowest BCUT2D eigenvalue weighted by Crippen LogP contribution is -2.65. The van der Waals surface area contributed by atoms with Gasteiger partial charge < -0.3 is 94.1 Å². The topological polar surface area (TPSA) is 328 Å². The van der Waals surface area contributed by atoms with Crippen molar-refractivity contribution in [2.45, 2.75) is 99.0 Å². The maximum Gasteiger partial charge on any atom is 0.239 e. The van der Waals surface area contributed by atoms with Crippen LogP contribution < -0.4 is 10.2 Å². The number of rotatable bonds is 9. The monoisotopic (exact) mass is 756 g/mol. The van der Waals surface area contributed by atoms with Gasteiger partial charge in [-0.05, 0) is 31.2 Å². The van der Waals surface area contributed by atoms with E-state index in [-0.39, 0.29) is 22.7 Å². The fourth-order valence-corrected chi connectivity index (χ4v) is 6.25. The van der Waals surface area contributed by atoms with Gasteiger partial charge in [-0.25, -0.2) is 0 Å². The van der Waals surface area contributed by atoms with Gasteiger partial charge in [-0.15, -0.1) is 0 Å². The molecule has 7 unspecified atom stereocenters. The zero-order chi connectivity index (χ0) is 38.5. The molecule has 12 N–H and O–H groups in total. The molecule has 0 amide bonds. The first kappa shape index (κ1) is 39.0. The van der Waals surface area contributed by atoms with Crippen molar-refractivity contribution in [3.8, 4) is 34.3 Å². The lowest BCUT2D eigenvalue weighted by molar-refractivity contribution is -0.362. The molecule has 0 bridgehead atoms. The van der Waals surface area contributed by atoms with Gasteiger partial charge in [0, 0.05) is 17.7 Å². The molecule has 3 saturated heterocycles. The average Bonchev–Trinajstić information content (AvgIpc) is 3.12. The molecule has 0 radical (unpaired) electrons. The number of hydrogen-bond acceptors (Lipinski definition) is 20. The maximum atomic E-state index is 14.0. The molecular formula is C33H40O20. The van der Waals surface area contributed by atoms with E-state index in [0.29, 0.717) is 0 Å². The van der Waals surface area contributed by atoms with Gasteiger partial charge in [-0.3, -0.25) is 4.79 Å². The number of phenols is 3. The predicted molar refractivity (Wildman–Crippen MR) is 171 cm³/mol. The molecule has 20 heteroatoms. The molecule has 4 heterocycles. The van der Waals surface area contributed by atoms with Gasteiger partial charge in [0.25, 0.3) is 0 Å². The predicted octanol–water partition coefficient (Wildman–Crippen LogP) is -3.57. The van der Waals surface area contributed by atoms with E-state index < -0.39 is 133 Å². The summed E-state index contributed by atoms with van der Waals surface area (Å²) in [6.07, 6.45) is -26.1. The van der Waals surface area contributed by atoms with Crippen molar-refractivity contribution in [3.63, 3.8) is 0 Å². The molecule has 3 aliphatic heterocycles. The molecule has 53 heavy (non-hydrogen) atoms. The number of benzene rings is 2. The Morgan fingerprint density at radius 3 is 1.98 bits per heavy atom.